The Morgan fingerprint density at radius 2 is 2.29 bits per heavy atom. The van der Waals surface area contributed by atoms with E-state index in [1.165, 1.54) is 4.68 Å². The maximum absolute atomic E-state index is 12.0. The van der Waals surface area contributed by atoms with Gasteiger partial charge in [0.05, 0.1) is 10.5 Å². The van der Waals surface area contributed by atoms with E-state index in [1.54, 1.807) is 25.3 Å². The van der Waals surface area contributed by atoms with Crippen LogP contribution in [0.5, 0.6) is 5.75 Å². The van der Waals surface area contributed by atoms with E-state index in [4.69, 9.17) is 10.00 Å². The summed E-state index contributed by atoms with van der Waals surface area (Å²) in [5.41, 5.74) is 0. The van der Waals surface area contributed by atoms with E-state index >= 15 is 0 Å². The Balaban J connectivity index is 1.96. The van der Waals surface area contributed by atoms with E-state index < -0.39 is 6.10 Å². The van der Waals surface area contributed by atoms with Crippen LogP contribution in [0.25, 0.3) is 0 Å². The fourth-order valence-electron chi connectivity index (χ4n) is 1.60. The normalized spacial score (nSPS) is 11.5. The predicted molar refractivity (Wildman–Crippen MR) is 80.7 cm³/mol. The van der Waals surface area contributed by atoms with Crippen molar-refractivity contribution < 1.29 is 9.53 Å². The highest BCUT2D eigenvalue weighted by Gasteiger charge is 2.16. The van der Waals surface area contributed by atoms with Gasteiger partial charge in [-0.15, -0.1) is 0 Å². The highest BCUT2D eigenvalue weighted by molar-refractivity contribution is 9.10. The first-order chi connectivity index (χ1) is 10.1. The van der Waals surface area contributed by atoms with Gasteiger partial charge in [-0.05, 0) is 35.0 Å². The van der Waals surface area contributed by atoms with E-state index in [1.807, 2.05) is 24.3 Å². The monoisotopic (exact) mass is 348 g/mol. The van der Waals surface area contributed by atoms with E-state index in [0.29, 0.717) is 11.6 Å². The van der Waals surface area contributed by atoms with Crippen LogP contribution in [-0.2, 0) is 11.3 Å². The van der Waals surface area contributed by atoms with Crippen LogP contribution in [0.3, 0.4) is 0 Å². The zero-order chi connectivity index (χ0) is 15.2. The van der Waals surface area contributed by atoms with Crippen LogP contribution in [0.15, 0.2) is 41.0 Å². The topological polar surface area (TPSA) is 79.9 Å². The third kappa shape index (κ3) is 4.07. The van der Waals surface area contributed by atoms with Crippen LogP contribution < -0.4 is 10.1 Å². The molecule has 0 saturated carbocycles. The third-order valence-electron chi connectivity index (χ3n) is 2.63. The molecule has 7 heteroatoms. The Morgan fingerprint density at radius 3 is 3.00 bits per heavy atom. The molecule has 1 aromatic heterocycles. The lowest BCUT2D eigenvalue weighted by atomic mass is 10.3. The molecule has 6 nitrogen and oxygen atoms in total. The van der Waals surface area contributed by atoms with Gasteiger partial charge in [0.2, 0.25) is 0 Å². The van der Waals surface area contributed by atoms with Crippen LogP contribution in [0.2, 0.25) is 0 Å². The summed E-state index contributed by atoms with van der Waals surface area (Å²) in [7, 11) is 0. The Morgan fingerprint density at radius 1 is 1.52 bits per heavy atom. The molecular weight excluding hydrogens is 336 g/mol. The molecule has 2 rings (SSSR count). The van der Waals surface area contributed by atoms with E-state index in [2.05, 4.69) is 26.3 Å². The minimum Gasteiger partial charge on any atom is -0.480 e. The number of carbonyl (C=O) groups is 1. The van der Waals surface area contributed by atoms with Crippen molar-refractivity contribution in [3.05, 3.63) is 41.0 Å². The minimum atomic E-state index is -0.676. The summed E-state index contributed by atoms with van der Waals surface area (Å²) < 4.78 is 7.81. The maximum atomic E-state index is 12.0. The SMILES string of the molecule is CC(Oc1ccccc1Br)C(=O)Nc1ccn(CC#N)n1. The van der Waals surface area contributed by atoms with Gasteiger partial charge in [-0.3, -0.25) is 9.48 Å². The molecule has 0 radical (unpaired) electrons. The van der Waals surface area contributed by atoms with Crippen molar-refractivity contribution in [1.29, 1.82) is 5.26 Å². The number of amides is 1. The molecule has 1 aromatic carbocycles. The second-order valence-corrected chi connectivity index (χ2v) is 5.09. The van der Waals surface area contributed by atoms with Crippen molar-refractivity contribution in [3.8, 4) is 11.8 Å². The number of aromatic nitrogens is 2. The molecule has 1 atom stereocenters. The quantitative estimate of drug-likeness (QED) is 0.900. The molecule has 1 heterocycles. The Kier molecular flexibility index (Phi) is 4.95. The summed E-state index contributed by atoms with van der Waals surface area (Å²) in [4.78, 5) is 12.0. The lowest BCUT2D eigenvalue weighted by molar-refractivity contribution is -0.122. The zero-order valence-corrected chi connectivity index (χ0v) is 12.9. The molecule has 0 aliphatic heterocycles. The molecule has 0 spiro atoms. The minimum absolute atomic E-state index is 0.138. The number of carbonyl (C=O) groups excluding carboxylic acids is 1. The Hall–Kier alpha value is -2.33. The summed E-state index contributed by atoms with van der Waals surface area (Å²) in [6, 6.07) is 10.9. The smallest absolute Gasteiger partial charge is 0.266 e. The molecule has 2 aromatic rings. The summed E-state index contributed by atoms with van der Waals surface area (Å²) in [5, 5.41) is 15.3. The molecule has 108 valence electrons. The summed E-state index contributed by atoms with van der Waals surface area (Å²) >= 11 is 3.36. The van der Waals surface area contributed by atoms with Crippen LogP contribution in [-0.4, -0.2) is 21.8 Å². The lowest BCUT2D eigenvalue weighted by Gasteiger charge is -2.14. The fourth-order valence-corrected chi connectivity index (χ4v) is 1.98. The second kappa shape index (κ2) is 6.90. The highest BCUT2D eigenvalue weighted by atomic mass is 79.9. The van der Waals surface area contributed by atoms with Crippen LogP contribution in [0.1, 0.15) is 6.92 Å². The molecule has 0 fully saturated rings. The first-order valence-electron chi connectivity index (χ1n) is 6.22. The lowest BCUT2D eigenvalue weighted by Crippen LogP contribution is -2.30. The maximum Gasteiger partial charge on any atom is 0.266 e. The number of nitrogens with one attached hydrogen (secondary N) is 1. The first kappa shape index (κ1) is 15.1. The zero-order valence-electron chi connectivity index (χ0n) is 11.3. The number of rotatable bonds is 5. The number of hydrogen-bond acceptors (Lipinski definition) is 4. The van der Waals surface area contributed by atoms with Crippen LogP contribution in [0.4, 0.5) is 5.82 Å². The van der Waals surface area contributed by atoms with Crippen LogP contribution >= 0.6 is 15.9 Å². The Labute approximate surface area is 130 Å². The average Bonchev–Trinajstić information content (AvgIpc) is 2.89. The molecule has 21 heavy (non-hydrogen) atoms. The molecule has 0 saturated heterocycles. The van der Waals surface area contributed by atoms with Crippen molar-refractivity contribution in [2.75, 3.05) is 5.32 Å². The second-order valence-electron chi connectivity index (χ2n) is 4.24. The number of halogens is 1. The molecule has 1 amide bonds. The molecule has 1 N–H and O–H groups in total. The van der Waals surface area contributed by atoms with Crippen molar-refractivity contribution in [2.45, 2.75) is 19.6 Å². The number of hydrogen-bond donors (Lipinski definition) is 1. The van der Waals surface area contributed by atoms with Gasteiger partial charge in [-0.1, -0.05) is 12.1 Å². The average molecular weight is 349 g/mol. The van der Waals surface area contributed by atoms with Gasteiger partial charge >= 0.3 is 0 Å². The number of benzene rings is 1. The first-order valence-corrected chi connectivity index (χ1v) is 7.02. The molecular formula is C14H13BrN4O2. The van der Waals surface area contributed by atoms with Gasteiger partial charge in [0.25, 0.3) is 5.91 Å². The molecule has 0 aliphatic rings. The number of ether oxygens (including phenoxy) is 1. The molecule has 1 unspecified atom stereocenters. The highest BCUT2D eigenvalue weighted by Crippen LogP contribution is 2.24. The number of anilines is 1. The van der Waals surface area contributed by atoms with Gasteiger partial charge in [-0.25, -0.2) is 0 Å². The van der Waals surface area contributed by atoms with Crippen molar-refractivity contribution in [2.24, 2.45) is 0 Å². The molecule has 0 bridgehead atoms. The number of para-hydroxylation sites is 1. The number of nitriles is 1. The Bertz CT molecular complexity index is 678. The van der Waals surface area contributed by atoms with Crippen molar-refractivity contribution >= 4 is 27.7 Å². The summed E-state index contributed by atoms with van der Waals surface area (Å²) in [5.74, 6) is 0.668. The fraction of sp³-hybridized carbons (Fsp3) is 0.214. The number of nitrogens with zero attached hydrogens (tertiary/aromatic N) is 3. The van der Waals surface area contributed by atoms with Gasteiger partial charge < -0.3 is 10.1 Å². The van der Waals surface area contributed by atoms with Gasteiger partial charge in [0.1, 0.15) is 12.3 Å². The van der Waals surface area contributed by atoms with Crippen LogP contribution in [0, 0.1) is 11.3 Å². The molecule has 0 aliphatic carbocycles. The van der Waals surface area contributed by atoms with Crippen molar-refractivity contribution in [3.63, 3.8) is 0 Å². The predicted octanol–water partition coefficient (Wildman–Crippen LogP) is 2.58. The summed E-state index contributed by atoms with van der Waals surface area (Å²) in [6.45, 7) is 1.79. The van der Waals surface area contributed by atoms with E-state index in [-0.39, 0.29) is 12.5 Å². The van der Waals surface area contributed by atoms with Gasteiger partial charge in [0, 0.05) is 12.3 Å². The summed E-state index contributed by atoms with van der Waals surface area (Å²) in [6.07, 6.45) is 0.947. The standard InChI is InChI=1S/C14H13BrN4O2/c1-10(21-12-5-3-2-4-11(12)15)14(20)17-13-6-8-19(18-13)9-7-16/h2-6,8,10H,9H2,1H3,(H,17,18,20). The largest absolute Gasteiger partial charge is 0.480 e. The van der Waals surface area contributed by atoms with E-state index in [9.17, 15) is 4.79 Å². The van der Waals surface area contributed by atoms with Crippen molar-refractivity contribution in [1.82, 2.24) is 9.78 Å². The van der Waals surface area contributed by atoms with Gasteiger partial charge in [0.15, 0.2) is 11.9 Å². The third-order valence-corrected chi connectivity index (χ3v) is 3.29. The van der Waals surface area contributed by atoms with E-state index in [0.717, 1.165) is 4.47 Å². The van der Waals surface area contributed by atoms with Gasteiger partial charge in [-0.2, -0.15) is 10.4 Å².